The van der Waals surface area contributed by atoms with Crippen LogP contribution in [-0.4, -0.2) is 18.0 Å². The number of methoxy groups -OCH3 is 1. The van der Waals surface area contributed by atoms with Crippen LogP contribution < -0.4 is 10.1 Å². The Bertz CT molecular complexity index is 594. The van der Waals surface area contributed by atoms with Crippen LogP contribution in [0.15, 0.2) is 48.7 Å². The summed E-state index contributed by atoms with van der Waals surface area (Å²) in [7, 11) is 1.58. The van der Waals surface area contributed by atoms with Crippen LogP contribution in [0.2, 0.25) is 0 Å². The molecule has 0 saturated carbocycles. The molecule has 0 saturated heterocycles. The van der Waals surface area contributed by atoms with Gasteiger partial charge in [-0.3, -0.25) is 9.78 Å². The van der Waals surface area contributed by atoms with E-state index in [2.05, 4.69) is 10.3 Å². The molecular formula is C16H18N2O2. The maximum Gasteiger partial charge on any atom is 0.252 e. The van der Waals surface area contributed by atoms with Gasteiger partial charge in [0.1, 0.15) is 5.75 Å². The molecule has 4 heteroatoms. The second kappa shape index (κ2) is 5.74. The highest BCUT2D eigenvalue weighted by Gasteiger charge is 2.24. The molecule has 1 aromatic heterocycles. The Hall–Kier alpha value is -2.36. The molecule has 0 atom stereocenters. The molecule has 0 fully saturated rings. The minimum Gasteiger partial charge on any atom is -0.497 e. The second-order valence-electron chi connectivity index (χ2n) is 5.03. The van der Waals surface area contributed by atoms with Gasteiger partial charge in [-0.25, -0.2) is 0 Å². The fourth-order valence-electron chi connectivity index (χ4n) is 1.92. The van der Waals surface area contributed by atoms with Crippen LogP contribution in [0.3, 0.4) is 0 Å². The van der Waals surface area contributed by atoms with Crippen LogP contribution in [0.1, 0.15) is 29.9 Å². The minimum absolute atomic E-state index is 0.153. The van der Waals surface area contributed by atoms with Crippen LogP contribution in [0.4, 0.5) is 0 Å². The van der Waals surface area contributed by atoms with E-state index in [1.807, 2.05) is 32.0 Å². The van der Waals surface area contributed by atoms with Gasteiger partial charge < -0.3 is 10.1 Å². The molecule has 0 aliphatic rings. The van der Waals surface area contributed by atoms with Gasteiger partial charge in [0.15, 0.2) is 0 Å². The van der Waals surface area contributed by atoms with Crippen molar-refractivity contribution in [3.05, 3.63) is 59.9 Å². The number of hydrogen-bond donors (Lipinski definition) is 1. The van der Waals surface area contributed by atoms with Crippen molar-refractivity contribution in [3.63, 3.8) is 0 Å². The molecule has 0 spiro atoms. The summed E-state index contributed by atoms with van der Waals surface area (Å²) in [6.07, 6.45) is 1.72. The molecule has 2 rings (SSSR count). The average molecular weight is 270 g/mol. The minimum atomic E-state index is -0.540. The fourth-order valence-corrected chi connectivity index (χ4v) is 1.92. The van der Waals surface area contributed by atoms with Crippen LogP contribution in [0.25, 0.3) is 0 Å². The Morgan fingerprint density at radius 3 is 2.65 bits per heavy atom. The van der Waals surface area contributed by atoms with E-state index in [4.69, 9.17) is 4.74 Å². The molecule has 104 valence electrons. The monoisotopic (exact) mass is 270 g/mol. The number of pyridine rings is 1. The van der Waals surface area contributed by atoms with Crippen molar-refractivity contribution >= 4 is 5.91 Å². The quantitative estimate of drug-likeness (QED) is 0.929. The number of aromatic nitrogens is 1. The molecule has 1 heterocycles. The van der Waals surface area contributed by atoms with Gasteiger partial charge >= 0.3 is 0 Å². The molecule has 2 aromatic rings. The largest absolute Gasteiger partial charge is 0.497 e. The molecule has 0 unspecified atom stereocenters. The number of ether oxygens (including phenoxy) is 1. The van der Waals surface area contributed by atoms with Gasteiger partial charge in [-0.15, -0.1) is 0 Å². The third-order valence-electron chi connectivity index (χ3n) is 3.06. The predicted octanol–water partition coefficient (Wildman–Crippen LogP) is 2.76. The molecule has 0 aliphatic heterocycles. The fraction of sp³-hybridized carbons (Fsp3) is 0.250. The topological polar surface area (TPSA) is 51.2 Å². The number of amides is 1. The lowest BCUT2D eigenvalue weighted by Gasteiger charge is -2.25. The van der Waals surface area contributed by atoms with Crippen LogP contribution in [0, 0.1) is 0 Å². The van der Waals surface area contributed by atoms with Gasteiger partial charge in [0.25, 0.3) is 5.91 Å². The maximum absolute atomic E-state index is 12.3. The number of nitrogens with one attached hydrogen (secondary N) is 1. The van der Waals surface area contributed by atoms with E-state index in [9.17, 15) is 4.79 Å². The Labute approximate surface area is 118 Å². The first-order valence-corrected chi connectivity index (χ1v) is 6.41. The van der Waals surface area contributed by atoms with Gasteiger partial charge in [0.05, 0.1) is 18.3 Å². The highest BCUT2D eigenvalue weighted by molar-refractivity contribution is 5.95. The first kappa shape index (κ1) is 14.1. The highest BCUT2D eigenvalue weighted by Crippen LogP contribution is 2.19. The number of carbonyl (C=O) groups is 1. The SMILES string of the molecule is COc1cccc(C(=O)NC(C)(C)c2ccccn2)c1. The lowest BCUT2D eigenvalue weighted by atomic mass is 9.99. The van der Waals surface area contributed by atoms with Crippen LogP contribution in [-0.2, 0) is 5.54 Å². The standard InChI is InChI=1S/C16H18N2O2/c1-16(2,14-9-4-5-10-17-14)18-15(19)12-7-6-8-13(11-12)20-3/h4-11H,1-3H3,(H,18,19). The number of hydrogen-bond acceptors (Lipinski definition) is 3. The Kier molecular flexibility index (Phi) is 4.03. The Morgan fingerprint density at radius 1 is 1.20 bits per heavy atom. The third kappa shape index (κ3) is 3.15. The summed E-state index contributed by atoms with van der Waals surface area (Å²) in [5, 5.41) is 2.98. The zero-order valence-corrected chi connectivity index (χ0v) is 11.9. The van der Waals surface area contributed by atoms with Gasteiger partial charge in [0, 0.05) is 11.8 Å². The molecule has 0 radical (unpaired) electrons. The number of benzene rings is 1. The molecule has 0 bridgehead atoms. The Morgan fingerprint density at radius 2 is 2.00 bits per heavy atom. The van der Waals surface area contributed by atoms with Crippen molar-refractivity contribution in [2.24, 2.45) is 0 Å². The summed E-state index contributed by atoms with van der Waals surface area (Å²) >= 11 is 0. The van der Waals surface area contributed by atoms with Crippen LogP contribution >= 0.6 is 0 Å². The molecular weight excluding hydrogens is 252 g/mol. The second-order valence-corrected chi connectivity index (χ2v) is 5.03. The number of rotatable bonds is 4. The zero-order valence-electron chi connectivity index (χ0n) is 11.9. The van der Waals surface area contributed by atoms with Crippen LogP contribution in [0.5, 0.6) is 5.75 Å². The van der Waals surface area contributed by atoms with E-state index in [0.717, 1.165) is 5.69 Å². The van der Waals surface area contributed by atoms with Crippen molar-refractivity contribution in [1.29, 1.82) is 0 Å². The molecule has 4 nitrogen and oxygen atoms in total. The summed E-state index contributed by atoms with van der Waals surface area (Å²) in [6, 6.07) is 12.7. The normalized spacial score (nSPS) is 10.9. The molecule has 1 N–H and O–H groups in total. The van der Waals surface area contributed by atoms with E-state index < -0.39 is 5.54 Å². The Balaban J connectivity index is 2.18. The smallest absolute Gasteiger partial charge is 0.252 e. The highest BCUT2D eigenvalue weighted by atomic mass is 16.5. The lowest BCUT2D eigenvalue weighted by Crippen LogP contribution is -2.41. The molecule has 1 amide bonds. The van der Waals surface area contributed by atoms with Gasteiger partial charge in [-0.1, -0.05) is 12.1 Å². The van der Waals surface area contributed by atoms with Gasteiger partial charge in [0.2, 0.25) is 0 Å². The van der Waals surface area contributed by atoms with Gasteiger partial charge in [-0.2, -0.15) is 0 Å². The molecule has 0 aliphatic carbocycles. The van der Waals surface area contributed by atoms with Crippen molar-refractivity contribution in [2.45, 2.75) is 19.4 Å². The lowest BCUT2D eigenvalue weighted by molar-refractivity contribution is 0.0910. The summed E-state index contributed by atoms with van der Waals surface area (Å²) in [5.41, 5.74) is 0.839. The van der Waals surface area contributed by atoms with Crippen molar-refractivity contribution in [3.8, 4) is 5.75 Å². The molecule has 1 aromatic carbocycles. The van der Waals surface area contributed by atoms with E-state index in [0.29, 0.717) is 11.3 Å². The first-order chi connectivity index (χ1) is 9.53. The molecule has 20 heavy (non-hydrogen) atoms. The summed E-state index contributed by atoms with van der Waals surface area (Å²) in [5.74, 6) is 0.507. The van der Waals surface area contributed by atoms with Crippen molar-refractivity contribution < 1.29 is 9.53 Å². The van der Waals surface area contributed by atoms with E-state index >= 15 is 0 Å². The summed E-state index contributed by atoms with van der Waals surface area (Å²) < 4.78 is 5.13. The third-order valence-corrected chi connectivity index (χ3v) is 3.06. The predicted molar refractivity (Wildman–Crippen MR) is 77.7 cm³/mol. The van der Waals surface area contributed by atoms with E-state index in [-0.39, 0.29) is 5.91 Å². The van der Waals surface area contributed by atoms with E-state index in [1.54, 1.807) is 37.6 Å². The first-order valence-electron chi connectivity index (χ1n) is 6.41. The van der Waals surface area contributed by atoms with Gasteiger partial charge in [-0.05, 0) is 44.2 Å². The number of carbonyl (C=O) groups excluding carboxylic acids is 1. The summed E-state index contributed by atoms with van der Waals surface area (Å²) in [4.78, 5) is 16.6. The summed E-state index contributed by atoms with van der Waals surface area (Å²) in [6.45, 7) is 3.85. The maximum atomic E-state index is 12.3. The van der Waals surface area contributed by atoms with E-state index in [1.165, 1.54) is 0 Å². The number of nitrogens with zero attached hydrogens (tertiary/aromatic N) is 1. The van der Waals surface area contributed by atoms with Crippen molar-refractivity contribution in [2.75, 3.05) is 7.11 Å². The van der Waals surface area contributed by atoms with Crippen molar-refractivity contribution in [1.82, 2.24) is 10.3 Å². The zero-order chi connectivity index (χ0) is 14.6. The average Bonchev–Trinajstić information content (AvgIpc) is 2.48.